The van der Waals surface area contributed by atoms with Gasteiger partial charge in [-0.15, -0.1) is 0 Å². The van der Waals surface area contributed by atoms with Crippen LogP contribution in [-0.4, -0.2) is 0 Å². The summed E-state index contributed by atoms with van der Waals surface area (Å²) in [6.07, 6.45) is 0. The van der Waals surface area contributed by atoms with E-state index >= 15 is 0 Å². The fourth-order valence-electron chi connectivity index (χ4n) is 0.675. The zero-order valence-corrected chi connectivity index (χ0v) is 6.39. The van der Waals surface area contributed by atoms with E-state index in [1.165, 1.54) is 0 Å². The summed E-state index contributed by atoms with van der Waals surface area (Å²) in [5.41, 5.74) is 7.26. The van der Waals surface area contributed by atoms with Crippen molar-refractivity contribution in [1.82, 2.24) is 0 Å². The molecule has 62 valence electrons. The molecule has 0 radical (unpaired) electrons. The molecule has 0 aliphatic rings. The molecule has 0 N–H and O–H groups in total. The second-order valence-corrected chi connectivity index (χ2v) is 2.34. The second kappa shape index (κ2) is 3.38. The fraction of sp³-hybridized carbons (Fsp3) is 0. The summed E-state index contributed by atoms with van der Waals surface area (Å²) in [5.74, 6) is -1.95. The minimum Gasteiger partial charge on any atom is -0.206 e. The zero-order chi connectivity index (χ0) is 9.14. The Morgan fingerprint density at radius 3 is 2.25 bits per heavy atom. The fourth-order valence-corrected chi connectivity index (χ4v) is 0.866. The van der Waals surface area contributed by atoms with E-state index in [1.54, 1.807) is 0 Å². The van der Waals surface area contributed by atoms with Gasteiger partial charge in [-0.05, 0) is 17.7 Å². The second-order valence-electron chi connectivity index (χ2n) is 1.91. The van der Waals surface area contributed by atoms with Crippen molar-refractivity contribution in [1.29, 1.82) is 0 Å². The molecule has 0 amide bonds. The molecule has 0 aliphatic heterocycles. The third-order valence-corrected chi connectivity index (χ3v) is 1.34. The van der Waals surface area contributed by atoms with E-state index in [0.29, 0.717) is 0 Å². The van der Waals surface area contributed by atoms with Gasteiger partial charge in [-0.1, -0.05) is 16.7 Å². The SMILES string of the molecule is [N-]=[N+]=Nc1c(F)cc(Cl)cc1F. The molecule has 1 aromatic carbocycles. The molecule has 0 unspecified atom stereocenters. The summed E-state index contributed by atoms with van der Waals surface area (Å²) in [4.78, 5) is 2.26. The molecule has 6 heteroatoms. The third-order valence-electron chi connectivity index (χ3n) is 1.13. The Kier molecular flexibility index (Phi) is 2.47. The number of rotatable bonds is 1. The van der Waals surface area contributed by atoms with E-state index in [2.05, 4.69) is 10.0 Å². The predicted molar refractivity (Wildman–Crippen MR) is 40.2 cm³/mol. The van der Waals surface area contributed by atoms with Gasteiger partial charge < -0.3 is 0 Å². The lowest BCUT2D eigenvalue weighted by Crippen LogP contribution is -1.81. The van der Waals surface area contributed by atoms with Gasteiger partial charge in [-0.3, -0.25) is 0 Å². The first-order chi connectivity index (χ1) is 5.65. The molecule has 0 heterocycles. The van der Waals surface area contributed by atoms with Crippen LogP contribution in [0.25, 0.3) is 10.4 Å². The molecule has 1 aromatic rings. The molecule has 1 rings (SSSR count). The van der Waals surface area contributed by atoms with Crippen molar-refractivity contribution < 1.29 is 8.78 Å². The number of hydrogen-bond acceptors (Lipinski definition) is 1. The summed E-state index contributed by atoms with van der Waals surface area (Å²) < 4.78 is 25.4. The van der Waals surface area contributed by atoms with Gasteiger partial charge >= 0.3 is 0 Å². The lowest BCUT2D eigenvalue weighted by Gasteiger charge is -1.97. The van der Waals surface area contributed by atoms with Crippen LogP contribution in [0.1, 0.15) is 0 Å². The van der Waals surface area contributed by atoms with Crippen LogP contribution in [0.3, 0.4) is 0 Å². The number of azide groups is 1. The first-order valence-electron chi connectivity index (χ1n) is 2.85. The van der Waals surface area contributed by atoms with Gasteiger partial charge in [0.1, 0.15) is 17.3 Å². The van der Waals surface area contributed by atoms with Gasteiger partial charge in [0, 0.05) is 9.93 Å². The van der Waals surface area contributed by atoms with Gasteiger partial charge in [-0.2, -0.15) is 0 Å². The van der Waals surface area contributed by atoms with Crippen molar-refractivity contribution in [2.45, 2.75) is 0 Å². The molecule has 0 aliphatic carbocycles. The van der Waals surface area contributed by atoms with Gasteiger partial charge in [0.2, 0.25) is 0 Å². The van der Waals surface area contributed by atoms with Crippen molar-refractivity contribution in [3.8, 4) is 0 Å². The average molecular weight is 190 g/mol. The molecule has 0 atom stereocenters. The van der Waals surface area contributed by atoms with Gasteiger partial charge in [-0.25, -0.2) is 8.78 Å². The molecule has 0 aromatic heterocycles. The highest BCUT2D eigenvalue weighted by molar-refractivity contribution is 6.30. The molecule has 3 nitrogen and oxygen atoms in total. The van der Waals surface area contributed by atoms with Crippen LogP contribution in [0.2, 0.25) is 5.02 Å². The molecular formula is C6H2ClF2N3. The minimum atomic E-state index is -0.974. The van der Waals surface area contributed by atoms with Gasteiger partial charge in [0.25, 0.3) is 0 Å². The number of halogens is 3. The summed E-state index contributed by atoms with van der Waals surface area (Å²) in [5, 5.41) is 2.74. The van der Waals surface area contributed by atoms with Crippen LogP contribution < -0.4 is 0 Å². The van der Waals surface area contributed by atoms with Gasteiger partial charge in [0.05, 0.1) is 0 Å². The Labute approximate surface area is 71.2 Å². The average Bonchev–Trinajstić information content (AvgIpc) is 1.96. The Balaban J connectivity index is 3.37. The van der Waals surface area contributed by atoms with E-state index in [-0.39, 0.29) is 5.02 Å². The maximum absolute atomic E-state index is 12.7. The van der Waals surface area contributed by atoms with E-state index in [1.807, 2.05) is 0 Å². The van der Waals surface area contributed by atoms with E-state index in [9.17, 15) is 8.78 Å². The first-order valence-corrected chi connectivity index (χ1v) is 3.22. The monoisotopic (exact) mass is 189 g/mol. The Bertz CT molecular complexity index is 337. The normalized spacial score (nSPS) is 9.25. The van der Waals surface area contributed by atoms with Crippen LogP contribution in [-0.2, 0) is 0 Å². The molecule has 0 spiro atoms. The van der Waals surface area contributed by atoms with E-state index in [0.717, 1.165) is 12.1 Å². The maximum Gasteiger partial charge on any atom is 0.137 e. The largest absolute Gasteiger partial charge is 0.206 e. The van der Waals surface area contributed by atoms with Gasteiger partial charge in [0.15, 0.2) is 0 Å². The maximum atomic E-state index is 12.7. The lowest BCUT2D eigenvalue weighted by atomic mass is 10.3. The highest BCUT2D eigenvalue weighted by Gasteiger charge is 2.07. The standard InChI is InChI=1S/C6H2ClF2N3/c7-3-1-4(8)6(11-12-10)5(9)2-3/h1-2H. The van der Waals surface area contributed by atoms with Crippen molar-refractivity contribution in [3.63, 3.8) is 0 Å². The van der Waals surface area contributed by atoms with Crippen LogP contribution in [0, 0.1) is 11.6 Å². The Morgan fingerprint density at radius 1 is 1.33 bits per heavy atom. The molecule has 0 fully saturated rings. The molecular weight excluding hydrogens is 188 g/mol. The summed E-state index contributed by atoms with van der Waals surface area (Å²) in [7, 11) is 0. The Hall–Kier alpha value is -1.32. The van der Waals surface area contributed by atoms with Crippen molar-refractivity contribution in [3.05, 3.63) is 39.2 Å². The van der Waals surface area contributed by atoms with Crippen molar-refractivity contribution >= 4 is 17.3 Å². The molecule has 0 saturated heterocycles. The van der Waals surface area contributed by atoms with Crippen LogP contribution in [0.15, 0.2) is 17.2 Å². The number of benzene rings is 1. The quantitative estimate of drug-likeness (QED) is 0.369. The van der Waals surface area contributed by atoms with Crippen molar-refractivity contribution in [2.24, 2.45) is 5.11 Å². The van der Waals surface area contributed by atoms with E-state index in [4.69, 9.17) is 17.1 Å². The van der Waals surface area contributed by atoms with Crippen LogP contribution in [0.5, 0.6) is 0 Å². The number of nitrogens with zero attached hydrogens (tertiary/aromatic N) is 3. The molecule has 0 saturated carbocycles. The smallest absolute Gasteiger partial charge is 0.137 e. The minimum absolute atomic E-state index is 0.0816. The lowest BCUT2D eigenvalue weighted by molar-refractivity contribution is 0.587. The predicted octanol–water partition coefficient (Wildman–Crippen LogP) is 3.56. The molecule has 12 heavy (non-hydrogen) atoms. The third kappa shape index (κ3) is 1.64. The summed E-state index contributed by atoms with van der Waals surface area (Å²) >= 11 is 5.31. The van der Waals surface area contributed by atoms with Crippen LogP contribution >= 0.6 is 11.6 Å². The zero-order valence-electron chi connectivity index (χ0n) is 5.63. The Morgan fingerprint density at radius 2 is 1.83 bits per heavy atom. The highest BCUT2D eigenvalue weighted by Crippen LogP contribution is 2.25. The summed E-state index contributed by atoms with van der Waals surface area (Å²) in [6, 6.07) is 1.74. The summed E-state index contributed by atoms with van der Waals surface area (Å²) in [6.45, 7) is 0. The number of hydrogen-bond donors (Lipinski definition) is 0. The molecule has 0 bridgehead atoms. The highest BCUT2D eigenvalue weighted by atomic mass is 35.5. The first kappa shape index (κ1) is 8.77. The van der Waals surface area contributed by atoms with E-state index < -0.39 is 17.3 Å². The van der Waals surface area contributed by atoms with Crippen LogP contribution in [0.4, 0.5) is 14.5 Å². The van der Waals surface area contributed by atoms with Crippen molar-refractivity contribution in [2.75, 3.05) is 0 Å². The topological polar surface area (TPSA) is 48.8 Å².